The maximum atomic E-state index is 13.6. The lowest BCUT2D eigenvalue weighted by Gasteiger charge is -2.28. The van der Waals surface area contributed by atoms with Crippen LogP contribution in [0.25, 0.3) is 11.1 Å². The summed E-state index contributed by atoms with van der Waals surface area (Å²) in [5, 5.41) is 2.02. The number of carbonyl (C=O) groups excluding carboxylic acids is 2. The van der Waals surface area contributed by atoms with Crippen LogP contribution in [-0.2, 0) is 17.9 Å². The summed E-state index contributed by atoms with van der Waals surface area (Å²) in [5.74, 6) is -0.540. The first-order valence-corrected chi connectivity index (χ1v) is 13.4. The van der Waals surface area contributed by atoms with E-state index in [0.29, 0.717) is 18.7 Å². The van der Waals surface area contributed by atoms with Gasteiger partial charge in [-0.1, -0.05) is 54.6 Å². The van der Waals surface area contributed by atoms with Crippen molar-refractivity contribution in [3.05, 3.63) is 118 Å². The number of amides is 2. The van der Waals surface area contributed by atoms with Crippen molar-refractivity contribution in [1.82, 2.24) is 9.80 Å². The fourth-order valence-corrected chi connectivity index (χ4v) is 5.30. The molecule has 0 aliphatic heterocycles. The third-order valence-electron chi connectivity index (χ3n) is 6.74. The Labute approximate surface area is 221 Å². The van der Waals surface area contributed by atoms with E-state index in [1.165, 1.54) is 12.1 Å². The molecule has 1 heterocycles. The zero-order chi connectivity index (χ0) is 25.8. The zero-order valence-corrected chi connectivity index (χ0v) is 21.6. The van der Waals surface area contributed by atoms with Gasteiger partial charge in [-0.25, -0.2) is 4.39 Å². The highest BCUT2D eigenvalue weighted by atomic mass is 32.1. The molecule has 1 aliphatic carbocycles. The fraction of sp³-hybridized carbons (Fsp3) is 0.226. The van der Waals surface area contributed by atoms with Gasteiger partial charge in [0.05, 0.1) is 6.54 Å². The molecule has 0 N–H and O–H groups in total. The Morgan fingerprint density at radius 1 is 0.865 bits per heavy atom. The number of rotatable bonds is 9. The first-order chi connectivity index (χ1) is 18.0. The summed E-state index contributed by atoms with van der Waals surface area (Å²) in [4.78, 5) is 31.7. The van der Waals surface area contributed by atoms with Crippen LogP contribution in [-0.4, -0.2) is 34.2 Å². The third kappa shape index (κ3) is 6.15. The number of hydrogen-bond acceptors (Lipinski definition) is 3. The van der Waals surface area contributed by atoms with Crippen LogP contribution in [0.15, 0.2) is 90.3 Å². The molecule has 1 aromatic heterocycles. The van der Waals surface area contributed by atoms with Gasteiger partial charge in [0.15, 0.2) is 0 Å². The molecule has 37 heavy (non-hydrogen) atoms. The number of benzene rings is 3. The van der Waals surface area contributed by atoms with Crippen molar-refractivity contribution >= 4 is 23.2 Å². The Balaban J connectivity index is 1.34. The van der Waals surface area contributed by atoms with Gasteiger partial charge in [0.1, 0.15) is 12.4 Å². The normalized spacial score (nSPS) is 12.8. The van der Waals surface area contributed by atoms with Gasteiger partial charge >= 0.3 is 0 Å². The molecule has 0 radical (unpaired) electrons. The van der Waals surface area contributed by atoms with Crippen molar-refractivity contribution in [1.29, 1.82) is 0 Å². The van der Waals surface area contributed by atoms with Crippen LogP contribution in [0, 0.1) is 12.7 Å². The van der Waals surface area contributed by atoms with Crippen LogP contribution in [0.5, 0.6) is 0 Å². The Hall–Kier alpha value is -3.77. The minimum atomic E-state index is -0.306. The number of nitrogens with zero attached hydrogens (tertiary/aromatic N) is 2. The van der Waals surface area contributed by atoms with Gasteiger partial charge in [0.2, 0.25) is 5.91 Å². The highest BCUT2D eigenvalue weighted by Gasteiger charge is 2.35. The molecule has 3 aromatic carbocycles. The van der Waals surface area contributed by atoms with E-state index in [4.69, 9.17) is 0 Å². The van der Waals surface area contributed by atoms with Crippen LogP contribution in [0.4, 0.5) is 4.39 Å². The molecule has 2 amide bonds. The van der Waals surface area contributed by atoms with Gasteiger partial charge in [-0.15, -0.1) is 11.3 Å². The Kier molecular flexibility index (Phi) is 7.47. The molecule has 0 unspecified atom stereocenters. The van der Waals surface area contributed by atoms with Crippen molar-refractivity contribution in [2.45, 2.75) is 38.9 Å². The minimum absolute atomic E-state index is 0.0234. The predicted octanol–water partition coefficient (Wildman–Crippen LogP) is 6.70. The van der Waals surface area contributed by atoms with Crippen LogP contribution >= 0.6 is 11.3 Å². The summed E-state index contributed by atoms with van der Waals surface area (Å²) in [6.07, 6.45) is 1.81. The highest BCUT2D eigenvalue weighted by Crippen LogP contribution is 2.29. The van der Waals surface area contributed by atoms with E-state index in [-0.39, 0.29) is 30.2 Å². The largest absolute Gasteiger partial charge is 0.332 e. The van der Waals surface area contributed by atoms with E-state index in [2.05, 4.69) is 0 Å². The molecule has 1 fully saturated rings. The van der Waals surface area contributed by atoms with E-state index in [1.54, 1.807) is 33.3 Å². The van der Waals surface area contributed by atoms with Crippen LogP contribution < -0.4 is 0 Å². The van der Waals surface area contributed by atoms with Gasteiger partial charge in [-0.05, 0) is 77.7 Å². The molecule has 0 atom stereocenters. The van der Waals surface area contributed by atoms with Crippen LogP contribution in [0.1, 0.15) is 39.2 Å². The standard InChI is InChI=1S/C31H29FN2O2S/c1-22-17-18-37-29(22)20-33(19-23-7-13-27(32)14-8-23)30(35)21-34(28-15-16-28)31(36)26-11-9-25(10-12-26)24-5-3-2-4-6-24/h2-14,17-18,28H,15-16,19-21H2,1H3. The molecule has 1 saturated carbocycles. The topological polar surface area (TPSA) is 40.6 Å². The second-order valence-electron chi connectivity index (χ2n) is 9.51. The molecule has 188 valence electrons. The summed E-state index contributed by atoms with van der Waals surface area (Å²) in [6, 6.07) is 26.0. The summed E-state index contributed by atoms with van der Waals surface area (Å²) in [7, 11) is 0. The first kappa shape index (κ1) is 24.9. The summed E-state index contributed by atoms with van der Waals surface area (Å²) >= 11 is 1.61. The van der Waals surface area contributed by atoms with E-state index in [0.717, 1.165) is 40.0 Å². The van der Waals surface area contributed by atoms with E-state index < -0.39 is 0 Å². The Morgan fingerprint density at radius 2 is 1.54 bits per heavy atom. The number of aryl methyl sites for hydroxylation is 1. The van der Waals surface area contributed by atoms with Gasteiger partial charge in [-0.2, -0.15) is 0 Å². The molecule has 4 aromatic rings. The second-order valence-corrected chi connectivity index (χ2v) is 10.5. The summed E-state index contributed by atoms with van der Waals surface area (Å²) in [5.41, 5.74) is 4.71. The van der Waals surface area contributed by atoms with Gasteiger partial charge in [0, 0.05) is 23.0 Å². The van der Waals surface area contributed by atoms with E-state index in [1.807, 2.05) is 73.0 Å². The van der Waals surface area contributed by atoms with Crippen molar-refractivity contribution in [2.75, 3.05) is 6.54 Å². The smallest absolute Gasteiger partial charge is 0.254 e. The van der Waals surface area contributed by atoms with Crippen molar-refractivity contribution in [2.24, 2.45) is 0 Å². The Morgan fingerprint density at radius 3 is 2.16 bits per heavy atom. The maximum absolute atomic E-state index is 13.6. The second kappa shape index (κ2) is 11.1. The third-order valence-corrected chi connectivity index (χ3v) is 7.74. The number of thiophene rings is 1. The predicted molar refractivity (Wildman–Crippen MR) is 146 cm³/mol. The molecule has 0 bridgehead atoms. The SMILES string of the molecule is Cc1ccsc1CN(Cc1ccc(F)cc1)C(=O)CN(C(=O)c1ccc(-c2ccccc2)cc1)C1CC1. The molecule has 5 rings (SSSR count). The fourth-order valence-electron chi connectivity index (χ4n) is 4.38. The van der Waals surface area contributed by atoms with Crippen LogP contribution in [0.2, 0.25) is 0 Å². The highest BCUT2D eigenvalue weighted by molar-refractivity contribution is 7.10. The average Bonchev–Trinajstić information content (AvgIpc) is 3.69. The van der Waals surface area contributed by atoms with Gasteiger partial charge in [-0.3, -0.25) is 9.59 Å². The lowest BCUT2D eigenvalue weighted by atomic mass is 10.0. The molecular weight excluding hydrogens is 483 g/mol. The summed E-state index contributed by atoms with van der Waals surface area (Å²) < 4.78 is 13.5. The average molecular weight is 513 g/mol. The minimum Gasteiger partial charge on any atom is -0.332 e. The van der Waals surface area contributed by atoms with Crippen molar-refractivity contribution < 1.29 is 14.0 Å². The number of halogens is 1. The molecule has 0 spiro atoms. The lowest BCUT2D eigenvalue weighted by molar-refractivity contribution is -0.133. The summed E-state index contributed by atoms with van der Waals surface area (Å²) in [6.45, 7) is 2.87. The number of hydrogen-bond donors (Lipinski definition) is 0. The Bertz CT molecular complexity index is 1360. The van der Waals surface area contributed by atoms with Gasteiger partial charge in [0.25, 0.3) is 5.91 Å². The zero-order valence-electron chi connectivity index (χ0n) is 20.8. The van der Waals surface area contributed by atoms with Crippen molar-refractivity contribution in [3.63, 3.8) is 0 Å². The van der Waals surface area contributed by atoms with E-state index in [9.17, 15) is 14.0 Å². The molecule has 4 nitrogen and oxygen atoms in total. The molecule has 0 saturated heterocycles. The number of carbonyl (C=O) groups is 2. The van der Waals surface area contributed by atoms with Gasteiger partial charge < -0.3 is 9.80 Å². The molecule has 1 aliphatic rings. The maximum Gasteiger partial charge on any atom is 0.254 e. The van der Waals surface area contributed by atoms with E-state index >= 15 is 0 Å². The monoisotopic (exact) mass is 512 g/mol. The first-order valence-electron chi connectivity index (χ1n) is 12.5. The molecule has 6 heteroatoms. The lowest BCUT2D eigenvalue weighted by Crippen LogP contribution is -2.43. The van der Waals surface area contributed by atoms with Crippen LogP contribution in [0.3, 0.4) is 0 Å². The van der Waals surface area contributed by atoms with Crippen molar-refractivity contribution in [3.8, 4) is 11.1 Å². The quantitative estimate of drug-likeness (QED) is 0.251. The molecular formula is C31H29FN2O2S.